The van der Waals surface area contributed by atoms with Gasteiger partial charge >= 0.3 is 5.51 Å². The Balaban J connectivity index is 4.85. The summed E-state index contributed by atoms with van der Waals surface area (Å²) in [6.07, 6.45) is -0.273. The van der Waals surface area contributed by atoms with E-state index in [1.165, 1.54) is 0 Å². The Labute approximate surface area is 90.7 Å². The Morgan fingerprint density at radius 1 is 1.38 bits per heavy atom. The standard InChI is InChI=1S/C7H11F3NO4S/c1-4(2)3-5(6(12)13)11-16(14,15)7(8,9)10/h4-5H,3H2,1-2H3,(H,12,13)/q-1/t5-/m0/s1. The molecule has 0 saturated heterocycles. The van der Waals surface area contributed by atoms with Crippen molar-refractivity contribution in [3.8, 4) is 0 Å². The lowest BCUT2D eigenvalue weighted by Crippen LogP contribution is -2.30. The lowest BCUT2D eigenvalue weighted by molar-refractivity contribution is -0.137. The van der Waals surface area contributed by atoms with Gasteiger partial charge in [-0.15, -0.1) is 0 Å². The van der Waals surface area contributed by atoms with E-state index in [1.807, 2.05) is 0 Å². The summed E-state index contributed by atoms with van der Waals surface area (Å²) in [5.74, 6) is -1.98. The predicted molar refractivity (Wildman–Crippen MR) is 49.2 cm³/mol. The van der Waals surface area contributed by atoms with Crippen LogP contribution in [0.2, 0.25) is 0 Å². The third-order valence-corrected chi connectivity index (χ3v) is 2.66. The summed E-state index contributed by atoms with van der Waals surface area (Å²) in [5.41, 5.74) is -5.56. The van der Waals surface area contributed by atoms with Crippen LogP contribution < -0.4 is 0 Å². The monoisotopic (exact) mass is 262 g/mol. The first-order chi connectivity index (χ1) is 6.97. The van der Waals surface area contributed by atoms with E-state index in [0.29, 0.717) is 0 Å². The number of carboxylic acids is 1. The molecule has 0 saturated carbocycles. The Morgan fingerprint density at radius 3 is 2.06 bits per heavy atom. The molecule has 0 fully saturated rings. The van der Waals surface area contributed by atoms with Crippen LogP contribution >= 0.6 is 0 Å². The zero-order valence-electron chi connectivity index (χ0n) is 8.52. The van der Waals surface area contributed by atoms with Gasteiger partial charge in [0, 0.05) is 0 Å². The van der Waals surface area contributed by atoms with Crippen molar-refractivity contribution in [1.82, 2.24) is 0 Å². The van der Waals surface area contributed by atoms with Crippen LogP contribution in [-0.4, -0.2) is 31.0 Å². The number of hydrogen-bond acceptors (Lipinski definition) is 3. The van der Waals surface area contributed by atoms with Crippen LogP contribution in [0.3, 0.4) is 0 Å². The second-order valence-electron chi connectivity index (χ2n) is 3.51. The Bertz CT molecular complexity index is 349. The molecule has 0 bridgehead atoms. The van der Waals surface area contributed by atoms with Crippen molar-refractivity contribution in [2.45, 2.75) is 31.8 Å². The molecule has 0 heterocycles. The van der Waals surface area contributed by atoms with Crippen molar-refractivity contribution in [1.29, 1.82) is 0 Å². The van der Waals surface area contributed by atoms with Crippen LogP contribution in [0.15, 0.2) is 0 Å². The Hall–Kier alpha value is -0.830. The topological polar surface area (TPSA) is 85.5 Å². The SMILES string of the molecule is CC(C)C[C@H]([N-]S(=O)(=O)C(F)(F)F)C(=O)O. The van der Waals surface area contributed by atoms with Crippen LogP contribution in [0.1, 0.15) is 20.3 Å². The van der Waals surface area contributed by atoms with Gasteiger partial charge in [-0.05, 0) is 12.0 Å². The number of hydrogen-bond donors (Lipinski definition) is 1. The molecular weight excluding hydrogens is 251 g/mol. The van der Waals surface area contributed by atoms with E-state index in [9.17, 15) is 26.4 Å². The third-order valence-electron chi connectivity index (χ3n) is 1.54. The second kappa shape index (κ2) is 5.00. The van der Waals surface area contributed by atoms with Crippen LogP contribution in [0.4, 0.5) is 13.2 Å². The third kappa shape index (κ3) is 4.35. The van der Waals surface area contributed by atoms with Gasteiger partial charge < -0.3 is 9.83 Å². The predicted octanol–water partition coefficient (Wildman–Crippen LogP) is 1.71. The van der Waals surface area contributed by atoms with Crippen molar-refractivity contribution >= 4 is 16.0 Å². The smallest absolute Gasteiger partial charge is 0.480 e. The molecule has 0 rings (SSSR count). The number of nitrogens with zero attached hydrogens (tertiary/aromatic N) is 1. The summed E-state index contributed by atoms with van der Waals surface area (Å²) < 4.78 is 59.3. The molecular formula is C7H11F3NO4S-. The van der Waals surface area contributed by atoms with E-state index in [0.717, 1.165) is 0 Å². The quantitative estimate of drug-likeness (QED) is 0.817. The van der Waals surface area contributed by atoms with E-state index in [2.05, 4.69) is 4.72 Å². The van der Waals surface area contributed by atoms with Crippen LogP contribution in [0, 0.1) is 5.92 Å². The average Bonchev–Trinajstić information content (AvgIpc) is 1.98. The number of rotatable bonds is 5. The van der Waals surface area contributed by atoms with Gasteiger partial charge in [-0.3, -0.25) is 4.79 Å². The molecule has 0 radical (unpaired) electrons. The molecule has 5 nitrogen and oxygen atoms in total. The van der Waals surface area contributed by atoms with Gasteiger partial charge in [0.2, 0.25) is 0 Å². The van der Waals surface area contributed by atoms with Crippen molar-refractivity contribution < 1.29 is 31.5 Å². The zero-order valence-corrected chi connectivity index (χ0v) is 9.34. The highest BCUT2D eigenvalue weighted by Crippen LogP contribution is 2.30. The second-order valence-corrected chi connectivity index (χ2v) is 5.13. The van der Waals surface area contributed by atoms with E-state index in [1.54, 1.807) is 13.8 Å². The minimum atomic E-state index is -5.74. The molecule has 16 heavy (non-hydrogen) atoms. The highest BCUT2D eigenvalue weighted by atomic mass is 32.2. The normalized spacial score (nSPS) is 15.1. The van der Waals surface area contributed by atoms with Gasteiger partial charge in [-0.1, -0.05) is 20.3 Å². The average molecular weight is 262 g/mol. The van der Waals surface area contributed by atoms with Gasteiger partial charge in [0.25, 0.3) is 5.97 Å². The molecule has 0 aromatic heterocycles. The fraction of sp³-hybridized carbons (Fsp3) is 0.857. The van der Waals surface area contributed by atoms with Crippen LogP contribution in [-0.2, 0) is 14.8 Å². The van der Waals surface area contributed by atoms with E-state index in [4.69, 9.17) is 5.11 Å². The van der Waals surface area contributed by atoms with Gasteiger partial charge in [-0.2, -0.15) is 13.2 Å². The molecule has 0 spiro atoms. The molecule has 1 N–H and O–H groups in total. The summed E-state index contributed by atoms with van der Waals surface area (Å²) in [5, 5.41) is 8.53. The molecule has 0 amide bonds. The van der Waals surface area contributed by atoms with Crippen molar-refractivity contribution in [2.75, 3.05) is 0 Å². The maximum atomic E-state index is 11.9. The fourth-order valence-electron chi connectivity index (χ4n) is 0.863. The molecule has 0 aliphatic carbocycles. The zero-order chi connectivity index (χ0) is 13.1. The Morgan fingerprint density at radius 2 is 1.81 bits per heavy atom. The van der Waals surface area contributed by atoms with Crippen LogP contribution in [0.5, 0.6) is 0 Å². The minimum Gasteiger partial charge on any atom is -0.529 e. The molecule has 1 atom stereocenters. The highest BCUT2D eigenvalue weighted by Gasteiger charge is 2.40. The van der Waals surface area contributed by atoms with Crippen molar-refractivity contribution in [2.24, 2.45) is 5.92 Å². The van der Waals surface area contributed by atoms with Crippen LogP contribution in [0.25, 0.3) is 4.72 Å². The molecule has 0 aliphatic rings. The number of alkyl halides is 3. The first-order valence-electron chi connectivity index (χ1n) is 4.23. The molecule has 0 aromatic carbocycles. The molecule has 0 aliphatic heterocycles. The number of halogens is 3. The first-order valence-corrected chi connectivity index (χ1v) is 5.67. The molecule has 0 aromatic rings. The van der Waals surface area contributed by atoms with Crippen molar-refractivity contribution in [3.05, 3.63) is 4.72 Å². The summed E-state index contributed by atoms with van der Waals surface area (Å²) in [6, 6.07) is -1.90. The van der Waals surface area contributed by atoms with Crippen molar-refractivity contribution in [3.63, 3.8) is 0 Å². The number of sulfonamides is 1. The molecule has 9 heteroatoms. The lowest BCUT2D eigenvalue weighted by atomic mass is 10.1. The number of aliphatic carboxylic acids is 1. The first kappa shape index (κ1) is 15.2. The summed E-state index contributed by atoms with van der Waals surface area (Å²) >= 11 is 0. The lowest BCUT2D eigenvalue weighted by Gasteiger charge is -2.29. The maximum Gasteiger partial charge on any atom is 0.480 e. The van der Waals surface area contributed by atoms with E-state index >= 15 is 0 Å². The minimum absolute atomic E-state index is 0.273. The Kier molecular flexibility index (Phi) is 4.74. The van der Waals surface area contributed by atoms with Gasteiger partial charge in [0.15, 0.2) is 10.0 Å². The van der Waals surface area contributed by atoms with Gasteiger partial charge in [0.05, 0.1) is 0 Å². The molecule has 96 valence electrons. The summed E-state index contributed by atoms with van der Waals surface area (Å²) in [6.45, 7) is 3.09. The molecule has 0 unspecified atom stereocenters. The largest absolute Gasteiger partial charge is 0.529 e. The van der Waals surface area contributed by atoms with E-state index < -0.39 is 27.5 Å². The van der Waals surface area contributed by atoms with Gasteiger partial charge in [0.1, 0.15) is 0 Å². The number of carbonyl (C=O) groups is 1. The summed E-state index contributed by atoms with van der Waals surface area (Å²) in [7, 11) is -5.74. The number of carboxylic acid groups (broad SMARTS) is 1. The fourth-order valence-corrected chi connectivity index (χ4v) is 1.49. The van der Waals surface area contributed by atoms with E-state index in [-0.39, 0.29) is 12.3 Å². The summed E-state index contributed by atoms with van der Waals surface area (Å²) in [4.78, 5) is 10.5. The highest BCUT2D eigenvalue weighted by molar-refractivity contribution is 7.94. The maximum absolute atomic E-state index is 11.9. The van der Waals surface area contributed by atoms with Gasteiger partial charge in [-0.25, -0.2) is 8.42 Å².